The third kappa shape index (κ3) is 1.45. The summed E-state index contributed by atoms with van der Waals surface area (Å²) in [4.78, 5) is 10.6. The molecular weight excluding hydrogens is 170 g/mol. The van der Waals surface area contributed by atoms with Gasteiger partial charge in [-0.3, -0.25) is 0 Å². The van der Waals surface area contributed by atoms with E-state index in [0.717, 1.165) is 12.2 Å². The molecule has 0 amide bonds. The van der Waals surface area contributed by atoms with Crippen molar-refractivity contribution in [2.24, 2.45) is 0 Å². The Bertz CT molecular complexity index is 343. The van der Waals surface area contributed by atoms with Gasteiger partial charge < -0.3 is 14.4 Å². The van der Waals surface area contributed by atoms with E-state index in [2.05, 4.69) is 0 Å². The number of ether oxygens (including phenoxy) is 1. The van der Waals surface area contributed by atoms with Crippen LogP contribution in [0.15, 0.2) is 12.3 Å². The lowest BCUT2D eigenvalue weighted by Crippen LogP contribution is -2.23. The Labute approximate surface area is 75.7 Å². The van der Waals surface area contributed by atoms with Crippen LogP contribution < -0.4 is 0 Å². The standard InChI is InChI=1S/C9H11NO3/c1-6-3-10-4-7(9(11)12)2-8(10)5-13-6/h2,4,6H,3,5H2,1H3,(H,11,12)/t6-/m0/s1. The average Bonchev–Trinajstić information content (AvgIpc) is 2.46. The summed E-state index contributed by atoms with van der Waals surface area (Å²) in [7, 11) is 0. The molecule has 70 valence electrons. The number of carboxylic acids is 1. The fraction of sp³-hybridized carbons (Fsp3) is 0.444. The molecule has 0 radical (unpaired) electrons. The number of carbonyl (C=O) groups is 1. The van der Waals surface area contributed by atoms with Gasteiger partial charge >= 0.3 is 5.97 Å². The van der Waals surface area contributed by atoms with Gasteiger partial charge in [0.05, 0.1) is 18.3 Å². The molecule has 13 heavy (non-hydrogen) atoms. The summed E-state index contributed by atoms with van der Waals surface area (Å²) < 4.78 is 7.33. The Morgan fingerprint density at radius 1 is 1.77 bits per heavy atom. The smallest absolute Gasteiger partial charge is 0.337 e. The van der Waals surface area contributed by atoms with Crippen molar-refractivity contribution in [1.82, 2.24) is 4.57 Å². The highest BCUT2D eigenvalue weighted by molar-refractivity contribution is 5.87. The lowest BCUT2D eigenvalue weighted by molar-refractivity contribution is 0.0167. The van der Waals surface area contributed by atoms with Gasteiger partial charge in [0.25, 0.3) is 0 Å². The highest BCUT2D eigenvalue weighted by atomic mass is 16.5. The SMILES string of the molecule is C[C@H]1Cn2cc(C(=O)O)cc2CO1. The Kier molecular flexibility index (Phi) is 1.84. The van der Waals surface area contributed by atoms with E-state index in [0.29, 0.717) is 12.2 Å². The number of carboxylic acid groups (broad SMARTS) is 1. The molecule has 0 saturated carbocycles. The predicted molar refractivity (Wildman–Crippen MR) is 45.6 cm³/mol. The highest BCUT2D eigenvalue weighted by Crippen LogP contribution is 2.17. The topological polar surface area (TPSA) is 51.5 Å². The molecule has 1 aliphatic rings. The monoisotopic (exact) mass is 181 g/mol. The molecule has 0 saturated heterocycles. The molecule has 1 aliphatic heterocycles. The van der Waals surface area contributed by atoms with Gasteiger partial charge in [-0.15, -0.1) is 0 Å². The van der Waals surface area contributed by atoms with Gasteiger partial charge in [0, 0.05) is 18.4 Å². The van der Waals surface area contributed by atoms with Gasteiger partial charge in [-0.2, -0.15) is 0 Å². The quantitative estimate of drug-likeness (QED) is 0.706. The first-order valence-electron chi connectivity index (χ1n) is 4.21. The zero-order valence-electron chi connectivity index (χ0n) is 7.36. The second-order valence-electron chi connectivity index (χ2n) is 3.30. The van der Waals surface area contributed by atoms with E-state index >= 15 is 0 Å². The largest absolute Gasteiger partial charge is 0.478 e. The number of hydrogen-bond donors (Lipinski definition) is 1. The van der Waals surface area contributed by atoms with Gasteiger partial charge in [-0.25, -0.2) is 4.79 Å². The van der Waals surface area contributed by atoms with Crippen molar-refractivity contribution in [1.29, 1.82) is 0 Å². The molecule has 2 rings (SSSR count). The number of fused-ring (bicyclic) bond motifs is 1. The van der Waals surface area contributed by atoms with E-state index in [1.54, 1.807) is 12.3 Å². The van der Waals surface area contributed by atoms with Crippen LogP contribution in [-0.2, 0) is 17.9 Å². The van der Waals surface area contributed by atoms with E-state index < -0.39 is 5.97 Å². The summed E-state index contributed by atoms with van der Waals surface area (Å²) in [6.45, 7) is 3.22. The highest BCUT2D eigenvalue weighted by Gasteiger charge is 2.17. The average molecular weight is 181 g/mol. The van der Waals surface area contributed by atoms with E-state index in [-0.39, 0.29) is 6.10 Å². The van der Waals surface area contributed by atoms with Crippen LogP contribution in [0.4, 0.5) is 0 Å². The number of aromatic carboxylic acids is 1. The minimum atomic E-state index is -0.880. The fourth-order valence-corrected chi connectivity index (χ4v) is 1.52. The maximum absolute atomic E-state index is 10.6. The molecule has 1 N–H and O–H groups in total. The van der Waals surface area contributed by atoms with Gasteiger partial charge in [-0.1, -0.05) is 0 Å². The lowest BCUT2D eigenvalue weighted by Gasteiger charge is -2.21. The van der Waals surface area contributed by atoms with Crippen LogP contribution >= 0.6 is 0 Å². The zero-order valence-corrected chi connectivity index (χ0v) is 7.36. The van der Waals surface area contributed by atoms with Crippen LogP contribution in [-0.4, -0.2) is 21.7 Å². The van der Waals surface area contributed by atoms with Gasteiger partial charge in [0.15, 0.2) is 0 Å². The van der Waals surface area contributed by atoms with Crippen molar-refractivity contribution in [3.63, 3.8) is 0 Å². The molecule has 1 aromatic heterocycles. The summed E-state index contributed by atoms with van der Waals surface area (Å²) in [6, 6.07) is 1.66. The van der Waals surface area contributed by atoms with Crippen LogP contribution in [0.3, 0.4) is 0 Å². The molecule has 1 atom stereocenters. The lowest BCUT2D eigenvalue weighted by atomic mass is 10.3. The Morgan fingerprint density at radius 2 is 2.54 bits per heavy atom. The van der Waals surface area contributed by atoms with Crippen molar-refractivity contribution in [2.75, 3.05) is 0 Å². The van der Waals surface area contributed by atoms with E-state index in [9.17, 15) is 4.79 Å². The Hall–Kier alpha value is -1.29. The third-order valence-electron chi connectivity index (χ3n) is 2.20. The van der Waals surface area contributed by atoms with E-state index in [1.165, 1.54) is 0 Å². The van der Waals surface area contributed by atoms with Crippen molar-refractivity contribution in [3.05, 3.63) is 23.5 Å². The first kappa shape index (κ1) is 8.31. The Balaban J connectivity index is 2.33. The Morgan fingerprint density at radius 3 is 3.23 bits per heavy atom. The molecule has 4 heteroatoms. The minimum Gasteiger partial charge on any atom is -0.478 e. The second-order valence-corrected chi connectivity index (χ2v) is 3.30. The molecule has 0 fully saturated rings. The summed E-state index contributed by atoms with van der Waals surface area (Å²) in [5, 5.41) is 8.75. The number of nitrogens with zero attached hydrogens (tertiary/aromatic N) is 1. The van der Waals surface area contributed by atoms with Gasteiger partial charge in [0.2, 0.25) is 0 Å². The third-order valence-corrected chi connectivity index (χ3v) is 2.20. The molecule has 0 unspecified atom stereocenters. The molecular formula is C9H11NO3. The van der Waals surface area contributed by atoms with Crippen LogP contribution in [0.5, 0.6) is 0 Å². The van der Waals surface area contributed by atoms with Crippen molar-refractivity contribution in [2.45, 2.75) is 26.2 Å². The number of rotatable bonds is 1. The number of hydrogen-bond acceptors (Lipinski definition) is 2. The molecule has 1 aromatic rings. The van der Waals surface area contributed by atoms with Crippen molar-refractivity contribution in [3.8, 4) is 0 Å². The minimum absolute atomic E-state index is 0.168. The van der Waals surface area contributed by atoms with Crippen LogP contribution in [0.1, 0.15) is 23.0 Å². The van der Waals surface area contributed by atoms with Crippen LogP contribution in [0.25, 0.3) is 0 Å². The molecule has 0 aromatic carbocycles. The maximum atomic E-state index is 10.6. The second kappa shape index (κ2) is 2.88. The summed E-state index contributed by atoms with van der Waals surface area (Å²) in [5.41, 5.74) is 1.28. The van der Waals surface area contributed by atoms with Crippen molar-refractivity contribution >= 4 is 5.97 Å². The first-order chi connectivity index (χ1) is 6.16. The summed E-state index contributed by atoms with van der Waals surface area (Å²) >= 11 is 0. The van der Waals surface area contributed by atoms with E-state index in [1.807, 2.05) is 11.5 Å². The normalized spacial score (nSPS) is 21.2. The molecule has 0 spiro atoms. The van der Waals surface area contributed by atoms with Gasteiger partial charge in [-0.05, 0) is 13.0 Å². The summed E-state index contributed by atoms with van der Waals surface area (Å²) in [6.07, 6.45) is 1.83. The molecule has 4 nitrogen and oxygen atoms in total. The number of aromatic nitrogens is 1. The first-order valence-corrected chi connectivity index (χ1v) is 4.21. The van der Waals surface area contributed by atoms with Crippen molar-refractivity contribution < 1.29 is 14.6 Å². The summed E-state index contributed by atoms with van der Waals surface area (Å²) in [5.74, 6) is -0.880. The molecule has 0 aliphatic carbocycles. The van der Waals surface area contributed by atoms with E-state index in [4.69, 9.17) is 9.84 Å². The fourth-order valence-electron chi connectivity index (χ4n) is 1.52. The van der Waals surface area contributed by atoms with Gasteiger partial charge in [0.1, 0.15) is 0 Å². The maximum Gasteiger partial charge on any atom is 0.337 e. The molecule has 2 heterocycles. The molecule has 0 bridgehead atoms. The predicted octanol–water partition coefficient (Wildman–Crippen LogP) is 1.10. The van der Waals surface area contributed by atoms with Crippen LogP contribution in [0, 0.1) is 0 Å². The zero-order chi connectivity index (χ0) is 9.42. The van der Waals surface area contributed by atoms with Crippen LogP contribution in [0.2, 0.25) is 0 Å².